The molecule has 3 fully saturated rings. The first-order valence-electron chi connectivity index (χ1n) is 10.6. The molecule has 4 aliphatic carbocycles. The largest absolute Gasteiger partial charge is 0.393 e. The molecule has 6 atom stereocenters. The van der Waals surface area contributed by atoms with Gasteiger partial charge < -0.3 is 5.11 Å². The molecule has 0 spiro atoms. The van der Waals surface area contributed by atoms with E-state index >= 15 is 0 Å². The van der Waals surface area contributed by atoms with Crippen molar-refractivity contribution in [1.82, 2.24) is 0 Å². The van der Waals surface area contributed by atoms with Gasteiger partial charge in [0.2, 0.25) is 0 Å². The van der Waals surface area contributed by atoms with Crippen LogP contribution in [0.4, 0.5) is 0 Å². The molecule has 1 N–H and O–H groups in total. The maximum Gasteiger partial charge on any atom is 0.165 e. The molecule has 1 aromatic heterocycles. The van der Waals surface area contributed by atoms with Crippen molar-refractivity contribution in [3.63, 3.8) is 0 Å². The fraction of sp³-hybridized carbons (Fsp3) is 0.625. The minimum atomic E-state index is -0.167. The molecule has 3 heteroatoms. The average molecular weight is 383 g/mol. The summed E-state index contributed by atoms with van der Waals surface area (Å²) >= 11 is 1.72. The molecule has 2 nitrogen and oxygen atoms in total. The number of carbonyl (C=O) groups is 1. The molecule has 0 radical (unpaired) electrons. The maximum absolute atomic E-state index is 13.4. The monoisotopic (exact) mass is 382 g/mol. The van der Waals surface area contributed by atoms with Gasteiger partial charge in [-0.05, 0) is 91.2 Å². The number of aliphatic hydroxyl groups excluding tert-OH is 1. The lowest BCUT2D eigenvalue weighted by molar-refractivity contribution is -0.130. The van der Waals surface area contributed by atoms with Crippen molar-refractivity contribution in [3.05, 3.63) is 39.6 Å². The SMILES string of the molecule is C[C@]12CC[C@H](O)CC1=CC[C@@H]1[C@@H]2CC[C@]2(C)C(=O)C(=Cc3cccs3)C[C@@H]12. The van der Waals surface area contributed by atoms with E-state index in [1.54, 1.807) is 11.3 Å². The lowest BCUT2D eigenvalue weighted by Gasteiger charge is -2.56. The van der Waals surface area contributed by atoms with Crippen LogP contribution < -0.4 is 0 Å². The predicted molar refractivity (Wildman–Crippen MR) is 110 cm³/mol. The van der Waals surface area contributed by atoms with Crippen molar-refractivity contribution in [2.75, 3.05) is 0 Å². The topological polar surface area (TPSA) is 37.3 Å². The molecule has 0 saturated heterocycles. The highest BCUT2D eigenvalue weighted by molar-refractivity contribution is 7.10. The van der Waals surface area contributed by atoms with Gasteiger partial charge >= 0.3 is 0 Å². The van der Waals surface area contributed by atoms with Crippen LogP contribution in [0, 0.1) is 28.6 Å². The van der Waals surface area contributed by atoms with E-state index in [1.165, 1.54) is 16.9 Å². The molecule has 0 amide bonds. The summed E-state index contributed by atoms with van der Waals surface area (Å²) in [7, 11) is 0. The van der Waals surface area contributed by atoms with E-state index < -0.39 is 0 Å². The van der Waals surface area contributed by atoms with Gasteiger partial charge in [0.05, 0.1) is 6.10 Å². The van der Waals surface area contributed by atoms with Crippen LogP contribution in [0.15, 0.2) is 34.7 Å². The third-order valence-corrected chi connectivity index (χ3v) is 9.40. The van der Waals surface area contributed by atoms with Crippen LogP contribution >= 0.6 is 11.3 Å². The predicted octanol–water partition coefficient (Wildman–Crippen LogP) is 5.63. The van der Waals surface area contributed by atoms with Gasteiger partial charge in [-0.3, -0.25) is 4.79 Å². The van der Waals surface area contributed by atoms with Crippen LogP contribution in [-0.2, 0) is 4.79 Å². The van der Waals surface area contributed by atoms with Gasteiger partial charge in [0.15, 0.2) is 5.78 Å². The second-order valence-electron chi connectivity index (χ2n) is 9.83. The maximum atomic E-state index is 13.4. The Morgan fingerprint density at radius 1 is 1.15 bits per heavy atom. The quantitative estimate of drug-likeness (QED) is 0.504. The zero-order valence-electron chi connectivity index (χ0n) is 16.4. The first kappa shape index (κ1) is 17.9. The van der Waals surface area contributed by atoms with Crippen molar-refractivity contribution in [1.29, 1.82) is 0 Å². The third kappa shape index (κ3) is 2.57. The van der Waals surface area contributed by atoms with Crippen LogP contribution in [0.3, 0.4) is 0 Å². The van der Waals surface area contributed by atoms with Crippen molar-refractivity contribution < 1.29 is 9.90 Å². The summed E-state index contributed by atoms with van der Waals surface area (Å²) in [5.74, 6) is 2.19. The van der Waals surface area contributed by atoms with Crippen molar-refractivity contribution in [3.8, 4) is 0 Å². The van der Waals surface area contributed by atoms with E-state index in [0.717, 1.165) is 44.1 Å². The number of thiophene rings is 1. The van der Waals surface area contributed by atoms with Gasteiger partial charge in [-0.15, -0.1) is 11.3 Å². The van der Waals surface area contributed by atoms with Crippen molar-refractivity contribution >= 4 is 23.2 Å². The molecule has 4 aliphatic rings. The average Bonchev–Trinajstić information content (AvgIpc) is 3.24. The molecular formula is C24H30O2S. The number of aliphatic hydroxyl groups is 1. The number of carbonyl (C=O) groups excluding carboxylic acids is 1. The Bertz CT molecular complexity index is 819. The second-order valence-corrected chi connectivity index (χ2v) is 10.8. The van der Waals surface area contributed by atoms with Crippen LogP contribution in [0.5, 0.6) is 0 Å². The van der Waals surface area contributed by atoms with Gasteiger partial charge in [0.25, 0.3) is 0 Å². The lowest BCUT2D eigenvalue weighted by atomic mass is 9.48. The molecule has 0 aliphatic heterocycles. The van der Waals surface area contributed by atoms with Crippen LogP contribution in [0.2, 0.25) is 0 Å². The molecule has 0 aromatic carbocycles. The fourth-order valence-electron chi connectivity index (χ4n) is 6.99. The Kier molecular flexibility index (Phi) is 4.07. The van der Waals surface area contributed by atoms with Crippen LogP contribution in [0.1, 0.15) is 63.7 Å². The van der Waals surface area contributed by atoms with E-state index in [0.29, 0.717) is 23.5 Å². The Hall–Kier alpha value is -1.19. The molecule has 5 rings (SSSR count). The number of hydrogen-bond acceptors (Lipinski definition) is 3. The first-order chi connectivity index (χ1) is 12.9. The van der Waals surface area contributed by atoms with Gasteiger partial charge in [-0.2, -0.15) is 0 Å². The minimum Gasteiger partial charge on any atom is -0.393 e. The van der Waals surface area contributed by atoms with E-state index in [2.05, 4.69) is 43.5 Å². The van der Waals surface area contributed by atoms with E-state index in [4.69, 9.17) is 0 Å². The zero-order chi connectivity index (χ0) is 18.8. The highest BCUT2D eigenvalue weighted by atomic mass is 32.1. The molecule has 1 aromatic rings. The number of fused-ring (bicyclic) bond motifs is 5. The Morgan fingerprint density at radius 2 is 1.96 bits per heavy atom. The van der Waals surface area contributed by atoms with Gasteiger partial charge in [-0.25, -0.2) is 0 Å². The zero-order valence-corrected chi connectivity index (χ0v) is 17.2. The van der Waals surface area contributed by atoms with Crippen molar-refractivity contribution in [2.45, 2.75) is 64.9 Å². The molecular weight excluding hydrogens is 352 g/mol. The number of ketones is 1. The molecule has 0 bridgehead atoms. The number of rotatable bonds is 1. The Balaban J connectivity index is 1.49. The van der Waals surface area contributed by atoms with Gasteiger partial charge in [-0.1, -0.05) is 31.6 Å². The summed E-state index contributed by atoms with van der Waals surface area (Å²) in [6.07, 6.45) is 11.6. The highest BCUT2D eigenvalue weighted by Crippen LogP contribution is 2.64. The molecule has 1 heterocycles. The summed E-state index contributed by atoms with van der Waals surface area (Å²) in [4.78, 5) is 14.6. The number of Topliss-reactive ketones (excluding diaryl/α,β-unsaturated/α-hetero) is 1. The number of hydrogen-bond donors (Lipinski definition) is 1. The summed E-state index contributed by atoms with van der Waals surface area (Å²) < 4.78 is 0. The third-order valence-electron chi connectivity index (χ3n) is 8.58. The summed E-state index contributed by atoms with van der Waals surface area (Å²) in [5, 5.41) is 12.2. The molecule has 144 valence electrons. The summed E-state index contributed by atoms with van der Waals surface area (Å²) in [6.45, 7) is 4.70. The van der Waals surface area contributed by atoms with Gasteiger partial charge in [0.1, 0.15) is 0 Å². The van der Waals surface area contributed by atoms with Crippen LogP contribution in [-0.4, -0.2) is 17.0 Å². The van der Waals surface area contributed by atoms with Gasteiger partial charge in [0, 0.05) is 10.3 Å². The standard InChI is InChI=1S/C24H30O2S/c1-23-9-7-17(25)14-16(23)5-6-19-20(23)8-10-24(2)21(19)13-15(22(24)26)12-18-4-3-11-27-18/h3-5,11-12,17,19-21,25H,6-10,13-14H2,1-2H3/t17-,19+,20-,21-,23-,24-/m0/s1. The number of allylic oxidation sites excluding steroid dienone is 2. The normalized spacial score (nSPS) is 45.2. The highest BCUT2D eigenvalue weighted by Gasteiger charge is 2.59. The summed E-state index contributed by atoms with van der Waals surface area (Å²) in [6, 6.07) is 4.18. The molecule has 3 saturated carbocycles. The van der Waals surface area contributed by atoms with E-state index in [-0.39, 0.29) is 16.9 Å². The summed E-state index contributed by atoms with van der Waals surface area (Å²) in [5.41, 5.74) is 2.64. The minimum absolute atomic E-state index is 0.150. The van der Waals surface area contributed by atoms with Crippen LogP contribution in [0.25, 0.3) is 6.08 Å². The first-order valence-corrected chi connectivity index (χ1v) is 11.5. The molecule has 27 heavy (non-hydrogen) atoms. The fourth-order valence-corrected chi connectivity index (χ4v) is 7.67. The van der Waals surface area contributed by atoms with E-state index in [9.17, 15) is 9.90 Å². The molecule has 0 unspecified atom stereocenters. The van der Waals surface area contributed by atoms with E-state index in [1.807, 2.05) is 0 Å². The smallest absolute Gasteiger partial charge is 0.165 e. The lowest BCUT2D eigenvalue weighted by Crippen LogP contribution is -2.50. The Morgan fingerprint density at radius 3 is 2.74 bits per heavy atom. The Labute approximate surface area is 166 Å². The van der Waals surface area contributed by atoms with Crippen molar-refractivity contribution in [2.24, 2.45) is 28.6 Å². The second kappa shape index (κ2) is 6.15.